The van der Waals surface area contributed by atoms with Gasteiger partial charge in [0.2, 0.25) is 0 Å². The number of fused-ring (bicyclic) bond motifs is 1. The normalized spacial score (nSPS) is 15.4. The molecule has 0 aromatic heterocycles. The Kier molecular flexibility index (Phi) is 5.87. The highest BCUT2D eigenvalue weighted by Gasteiger charge is 2.27. The van der Waals surface area contributed by atoms with E-state index in [-0.39, 0.29) is 6.04 Å². The van der Waals surface area contributed by atoms with Gasteiger partial charge in [-0.15, -0.1) is 0 Å². The van der Waals surface area contributed by atoms with E-state index in [2.05, 4.69) is 72.1 Å². The van der Waals surface area contributed by atoms with Crippen LogP contribution in [0.15, 0.2) is 85.4 Å². The Morgan fingerprint density at radius 3 is 2.14 bits per heavy atom. The zero-order chi connectivity index (χ0) is 20.1. The monoisotopic (exact) mass is 382 g/mol. The fourth-order valence-electron chi connectivity index (χ4n) is 3.96. The summed E-state index contributed by atoms with van der Waals surface area (Å²) in [6.45, 7) is 6.44. The fraction of sp³-hybridized carbons (Fsp3) is 0.192. The minimum absolute atomic E-state index is 0.252. The highest BCUT2D eigenvalue weighted by atomic mass is 16.5. The molecule has 1 aliphatic rings. The molecule has 4 rings (SSSR count). The van der Waals surface area contributed by atoms with Crippen LogP contribution < -0.4 is 4.74 Å². The second kappa shape index (κ2) is 8.89. The second-order valence-corrected chi connectivity index (χ2v) is 7.50. The maximum absolute atomic E-state index is 7.62. The Morgan fingerprint density at radius 1 is 0.931 bits per heavy atom. The number of ether oxygens (including phenoxy) is 1. The molecule has 0 saturated carbocycles. The molecule has 1 aliphatic heterocycles. The third kappa shape index (κ3) is 4.47. The number of allylic oxidation sites excluding steroid dienone is 1. The molecule has 0 saturated heterocycles. The standard InChI is InChI=1S/C26H26N2O/c1-20(16-27)24-13-8-14-26-25(24)15-23(19-29-26)28(17-21-9-4-2-5-10-21)18-22-11-6-3-7-12-22/h2-14,16,23,27H,1,15,17-19H2/t23-/m0/s1. The van der Waals surface area contributed by atoms with E-state index in [0.717, 1.165) is 42.0 Å². The van der Waals surface area contributed by atoms with Crippen molar-refractivity contribution in [1.82, 2.24) is 4.90 Å². The highest BCUT2D eigenvalue weighted by Crippen LogP contribution is 2.33. The van der Waals surface area contributed by atoms with E-state index in [1.165, 1.54) is 17.3 Å². The predicted octanol–water partition coefficient (Wildman–Crippen LogP) is 5.36. The van der Waals surface area contributed by atoms with E-state index in [1.54, 1.807) is 0 Å². The quantitative estimate of drug-likeness (QED) is 0.559. The first-order valence-electron chi connectivity index (χ1n) is 10.0. The lowest BCUT2D eigenvalue weighted by Crippen LogP contribution is -2.42. The summed E-state index contributed by atoms with van der Waals surface area (Å²) in [5, 5.41) is 7.62. The van der Waals surface area contributed by atoms with Crippen LogP contribution in [-0.2, 0) is 19.5 Å². The van der Waals surface area contributed by atoms with Crippen molar-refractivity contribution in [3.63, 3.8) is 0 Å². The maximum Gasteiger partial charge on any atom is 0.123 e. The summed E-state index contributed by atoms with van der Waals surface area (Å²) >= 11 is 0. The molecule has 0 bridgehead atoms. The smallest absolute Gasteiger partial charge is 0.123 e. The van der Waals surface area contributed by atoms with E-state index in [9.17, 15) is 0 Å². The highest BCUT2D eigenvalue weighted by molar-refractivity contribution is 6.08. The summed E-state index contributed by atoms with van der Waals surface area (Å²) in [4.78, 5) is 2.50. The summed E-state index contributed by atoms with van der Waals surface area (Å²) in [5.41, 5.74) is 5.49. The van der Waals surface area contributed by atoms with E-state index in [0.29, 0.717) is 6.61 Å². The van der Waals surface area contributed by atoms with E-state index >= 15 is 0 Å². The van der Waals surface area contributed by atoms with Crippen LogP contribution in [0.5, 0.6) is 5.75 Å². The van der Waals surface area contributed by atoms with Gasteiger partial charge in [0.15, 0.2) is 0 Å². The van der Waals surface area contributed by atoms with Crippen LogP contribution in [0.4, 0.5) is 0 Å². The Balaban J connectivity index is 1.63. The van der Waals surface area contributed by atoms with Gasteiger partial charge in [0.05, 0.1) is 0 Å². The molecular formula is C26H26N2O. The lowest BCUT2D eigenvalue weighted by molar-refractivity contribution is 0.106. The topological polar surface area (TPSA) is 36.3 Å². The number of rotatable bonds is 7. The largest absolute Gasteiger partial charge is 0.492 e. The number of nitrogens with one attached hydrogen (secondary N) is 1. The molecule has 3 aromatic rings. The molecule has 1 atom stereocenters. The average Bonchev–Trinajstić information content (AvgIpc) is 2.79. The zero-order valence-electron chi connectivity index (χ0n) is 16.6. The molecule has 3 aromatic carbocycles. The third-order valence-electron chi connectivity index (χ3n) is 5.50. The predicted molar refractivity (Wildman–Crippen MR) is 119 cm³/mol. The van der Waals surface area contributed by atoms with Gasteiger partial charge in [-0.05, 0) is 34.8 Å². The summed E-state index contributed by atoms with van der Waals surface area (Å²) in [6.07, 6.45) is 2.21. The van der Waals surface area contributed by atoms with Crippen molar-refractivity contribution in [2.75, 3.05) is 6.61 Å². The number of benzene rings is 3. The molecule has 0 radical (unpaired) electrons. The Bertz CT molecular complexity index is 941. The lowest BCUT2D eigenvalue weighted by atomic mass is 9.92. The molecule has 3 nitrogen and oxygen atoms in total. The molecule has 0 spiro atoms. The summed E-state index contributed by atoms with van der Waals surface area (Å²) in [7, 11) is 0. The second-order valence-electron chi connectivity index (χ2n) is 7.50. The van der Waals surface area contributed by atoms with Crippen LogP contribution in [0.3, 0.4) is 0 Å². The lowest BCUT2D eigenvalue weighted by Gasteiger charge is -2.36. The minimum Gasteiger partial charge on any atom is -0.492 e. The van der Waals surface area contributed by atoms with Gasteiger partial charge in [0.1, 0.15) is 12.4 Å². The number of hydrogen-bond acceptors (Lipinski definition) is 3. The van der Waals surface area contributed by atoms with Gasteiger partial charge in [-0.1, -0.05) is 79.4 Å². The van der Waals surface area contributed by atoms with Crippen molar-refractivity contribution >= 4 is 11.8 Å². The number of nitrogens with zero attached hydrogens (tertiary/aromatic N) is 1. The zero-order valence-corrected chi connectivity index (χ0v) is 16.6. The van der Waals surface area contributed by atoms with Gasteiger partial charge in [-0.2, -0.15) is 0 Å². The van der Waals surface area contributed by atoms with Gasteiger partial charge in [-0.25, -0.2) is 0 Å². The SMILES string of the molecule is C=C(C=N)c1cccc2c1C[C@H](N(Cc1ccccc1)Cc1ccccc1)CO2. The van der Waals surface area contributed by atoms with Gasteiger partial charge in [-0.3, -0.25) is 4.90 Å². The van der Waals surface area contributed by atoms with E-state index in [1.807, 2.05) is 18.2 Å². The molecule has 1 heterocycles. The first-order chi connectivity index (χ1) is 14.2. The molecular weight excluding hydrogens is 356 g/mol. The van der Waals surface area contributed by atoms with Gasteiger partial charge < -0.3 is 10.1 Å². The van der Waals surface area contributed by atoms with Crippen molar-refractivity contribution in [3.8, 4) is 5.75 Å². The summed E-state index contributed by atoms with van der Waals surface area (Å²) in [6, 6.07) is 27.5. The first-order valence-corrected chi connectivity index (χ1v) is 10.0. The van der Waals surface area contributed by atoms with Crippen molar-refractivity contribution in [3.05, 3.63) is 108 Å². The van der Waals surface area contributed by atoms with Gasteiger partial charge >= 0.3 is 0 Å². The van der Waals surface area contributed by atoms with Gasteiger partial charge in [0.25, 0.3) is 0 Å². The van der Waals surface area contributed by atoms with Crippen molar-refractivity contribution < 1.29 is 4.74 Å². The van der Waals surface area contributed by atoms with Crippen molar-refractivity contribution in [2.24, 2.45) is 0 Å². The van der Waals surface area contributed by atoms with E-state index in [4.69, 9.17) is 10.1 Å². The van der Waals surface area contributed by atoms with Crippen LogP contribution in [0.1, 0.15) is 22.3 Å². The van der Waals surface area contributed by atoms with Crippen LogP contribution in [0, 0.1) is 5.41 Å². The van der Waals surface area contributed by atoms with Crippen LogP contribution in [-0.4, -0.2) is 23.8 Å². The summed E-state index contributed by atoms with van der Waals surface area (Å²) < 4.78 is 6.17. The Hall–Kier alpha value is -3.17. The van der Waals surface area contributed by atoms with Crippen LogP contribution in [0.25, 0.3) is 5.57 Å². The molecule has 0 fully saturated rings. The maximum atomic E-state index is 7.62. The van der Waals surface area contributed by atoms with E-state index < -0.39 is 0 Å². The van der Waals surface area contributed by atoms with Gasteiger partial charge in [0, 0.05) is 30.9 Å². The molecule has 0 unspecified atom stereocenters. The third-order valence-corrected chi connectivity index (χ3v) is 5.50. The Morgan fingerprint density at radius 2 is 1.55 bits per heavy atom. The molecule has 146 valence electrons. The summed E-state index contributed by atoms with van der Waals surface area (Å²) in [5.74, 6) is 0.918. The fourth-order valence-corrected chi connectivity index (χ4v) is 3.96. The molecule has 1 N–H and O–H groups in total. The van der Waals surface area contributed by atoms with Crippen molar-refractivity contribution in [1.29, 1.82) is 5.41 Å². The molecule has 3 heteroatoms. The van der Waals surface area contributed by atoms with Crippen LogP contribution in [0.2, 0.25) is 0 Å². The average molecular weight is 383 g/mol. The molecule has 0 aliphatic carbocycles. The van der Waals surface area contributed by atoms with Crippen molar-refractivity contribution in [2.45, 2.75) is 25.6 Å². The van der Waals surface area contributed by atoms with Crippen LogP contribution >= 0.6 is 0 Å². The number of hydrogen-bond donors (Lipinski definition) is 1. The molecule has 29 heavy (non-hydrogen) atoms. The molecule has 0 amide bonds. The first kappa shape index (κ1) is 19.2. The Labute approximate surface area is 172 Å². The minimum atomic E-state index is 0.252.